The van der Waals surface area contributed by atoms with Crippen molar-refractivity contribution in [2.24, 2.45) is 17.8 Å². The molecule has 2 aromatic rings. The lowest BCUT2D eigenvalue weighted by molar-refractivity contribution is -0.152. The summed E-state index contributed by atoms with van der Waals surface area (Å²) in [6, 6.07) is 10.8. The highest BCUT2D eigenvalue weighted by Crippen LogP contribution is 2.38. The van der Waals surface area contributed by atoms with Crippen LogP contribution in [0.15, 0.2) is 41.4 Å². The third-order valence-corrected chi connectivity index (χ3v) is 8.70. The Morgan fingerprint density at radius 2 is 1.91 bits per heavy atom. The van der Waals surface area contributed by atoms with Gasteiger partial charge in [-0.2, -0.15) is 0 Å². The Morgan fingerprint density at radius 3 is 2.62 bits per heavy atom. The number of methoxy groups -OCH3 is 1. The lowest BCUT2D eigenvalue weighted by Crippen LogP contribution is -2.59. The first-order valence-electron chi connectivity index (χ1n) is 12.3. The van der Waals surface area contributed by atoms with Crippen molar-refractivity contribution in [3.8, 4) is 0 Å². The fourth-order valence-electron chi connectivity index (χ4n) is 5.73. The highest BCUT2D eigenvalue weighted by Gasteiger charge is 2.45. The second kappa shape index (κ2) is 10.5. The Hall–Kier alpha value is -2.39. The fourth-order valence-corrected chi connectivity index (χ4v) is 6.52. The molecule has 34 heavy (non-hydrogen) atoms. The van der Waals surface area contributed by atoms with Gasteiger partial charge < -0.3 is 9.64 Å². The molecule has 4 aliphatic rings. The lowest BCUT2D eigenvalue weighted by atomic mass is 9.74. The largest absolute Gasteiger partial charge is 0.469 e. The van der Waals surface area contributed by atoms with Crippen molar-refractivity contribution < 1.29 is 14.3 Å². The number of carbonyl (C=O) groups is 2. The van der Waals surface area contributed by atoms with E-state index < -0.39 is 0 Å². The number of benzene rings is 1. The third kappa shape index (κ3) is 5.15. The van der Waals surface area contributed by atoms with Gasteiger partial charge in [-0.1, -0.05) is 23.4 Å². The molecule has 0 radical (unpaired) electrons. The first kappa shape index (κ1) is 23.4. The van der Waals surface area contributed by atoms with Gasteiger partial charge in [-0.05, 0) is 50.3 Å². The van der Waals surface area contributed by atoms with Crippen LogP contribution >= 0.6 is 11.8 Å². The van der Waals surface area contributed by atoms with Crippen molar-refractivity contribution >= 4 is 23.6 Å². The average Bonchev–Trinajstić information content (AvgIpc) is 3.35. The van der Waals surface area contributed by atoms with Crippen molar-refractivity contribution in [1.29, 1.82) is 0 Å². The Kier molecular flexibility index (Phi) is 7.20. The monoisotopic (exact) mass is 483 g/mol. The second-order valence-electron chi connectivity index (χ2n) is 9.70. The van der Waals surface area contributed by atoms with Gasteiger partial charge in [-0.15, -0.1) is 16.9 Å². The van der Waals surface area contributed by atoms with Crippen LogP contribution in [0, 0.1) is 17.8 Å². The topological polar surface area (TPSA) is 80.6 Å². The molecule has 1 unspecified atom stereocenters. The number of aromatic nitrogens is 3. The molecule has 2 bridgehead atoms. The molecule has 4 aliphatic heterocycles. The van der Waals surface area contributed by atoms with Crippen LogP contribution in [-0.4, -0.2) is 76.0 Å². The van der Waals surface area contributed by atoms with Crippen LogP contribution in [0.25, 0.3) is 0 Å². The third-order valence-electron chi connectivity index (χ3n) is 7.65. The maximum absolute atomic E-state index is 13.3. The smallest absolute Gasteiger partial charge is 0.308 e. The van der Waals surface area contributed by atoms with Crippen LogP contribution in [0.1, 0.15) is 31.4 Å². The molecule has 0 saturated carbocycles. The number of hydrogen-bond donors (Lipinski definition) is 0. The molecule has 0 spiro atoms. The van der Waals surface area contributed by atoms with Crippen molar-refractivity contribution in [2.45, 2.75) is 48.9 Å². The minimum Gasteiger partial charge on any atom is -0.469 e. The van der Waals surface area contributed by atoms with Gasteiger partial charge >= 0.3 is 5.97 Å². The summed E-state index contributed by atoms with van der Waals surface area (Å²) < 4.78 is 6.85. The van der Waals surface area contributed by atoms with Crippen molar-refractivity contribution in [1.82, 2.24) is 24.8 Å². The van der Waals surface area contributed by atoms with Gasteiger partial charge in [-0.3, -0.25) is 19.2 Å². The summed E-state index contributed by atoms with van der Waals surface area (Å²) in [5.74, 6) is 1.38. The van der Waals surface area contributed by atoms with Gasteiger partial charge in [0, 0.05) is 42.5 Å². The number of likely N-dealkylation sites (tertiary alicyclic amines) is 1. The number of amides is 1. The number of fused-ring (bicyclic) bond motifs is 3. The number of carbonyl (C=O) groups excluding carboxylic acids is 2. The highest BCUT2D eigenvalue weighted by atomic mass is 32.2. The summed E-state index contributed by atoms with van der Waals surface area (Å²) in [5, 5.41) is 8.74. The standard InChI is InChI=1S/C25H33N5O3S/c1-33-25(32)18-7-10-28(11-8-18)24(31)23-16-29-12-9-19(23)13-21(29)15-30-14-20(26-27-30)17-34-22-5-3-2-4-6-22/h2-6,14,18-19,21,23H,7-13,15-17H2,1H3/t19-,21-,23-/m1/s1. The molecule has 1 amide bonds. The van der Waals surface area contributed by atoms with E-state index in [1.807, 2.05) is 27.8 Å². The molecule has 4 atom stereocenters. The van der Waals surface area contributed by atoms with E-state index in [0.717, 1.165) is 43.9 Å². The normalized spacial score (nSPS) is 27.0. The van der Waals surface area contributed by atoms with Gasteiger partial charge in [0.2, 0.25) is 5.91 Å². The van der Waals surface area contributed by atoms with Gasteiger partial charge in [0.25, 0.3) is 0 Å². The summed E-state index contributed by atoms with van der Waals surface area (Å²) in [6.07, 6.45) is 5.59. The van der Waals surface area contributed by atoms with E-state index in [0.29, 0.717) is 37.9 Å². The predicted octanol–water partition coefficient (Wildman–Crippen LogP) is 2.69. The molecule has 5 heterocycles. The van der Waals surface area contributed by atoms with E-state index in [9.17, 15) is 9.59 Å². The Balaban J connectivity index is 1.12. The minimum atomic E-state index is -0.146. The van der Waals surface area contributed by atoms with E-state index >= 15 is 0 Å². The van der Waals surface area contributed by atoms with Gasteiger partial charge in [0.05, 0.1) is 31.2 Å². The maximum Gasteiger partial charge on any atom is 0.308 e. The summed E-state index contributed by atoms with van der Waals surface area (Å²) in [5.41, 5.74) is 0.994. The molecule has 1 aromatic carbocycles. The number of esters is 1. The lowest BCUT2D eigenvalue weighted by Gasteiger charge is -2.50. The van der Waals surface area contributed by atoms with Crippen LogP contribution in [0.2, 0.25) is 0 Å². The van der Waals surface area contributed by atoms with Crippen LogP contribution < -0.4 is 0 Å². The maximum atomic E-state index is 13.3. The minimum absolute atomic E-state index is 0.0661. The number of hydrogen-bond acceptors (Lipinski definition) is 7. The summed E-state index contributed by atoms with van der Waals surface area (Å²) in [4.78, 5) is 30.8. The number of piperidine rings is 4. The molecule has 182 valence electrons. The van der Waals surface area contributed by atoms with E-state index in [1.54, 1.807) is 11.8 Å². The van der Waals surface area contributed by atoms with Crippen LogP contribution in [0.3, 0.4) is 0 Å². The van der Waals surface area contributed by atoms with Crippen LogP contribution in [0.5, 0.6) is 0 Å². The fraction of sp³-hybridized carbons (Fsp3) is 0.600. The molecule has 4 fully saturated rings. The van der Waals surface area contributed by atoms with Crippen LogP contribution in [-0.2, 0) is 26.6 Å². The summed E-state index contributed by atoms with van der Waals surface area (Å²) in [7, 11) is 1.44. The first-order valence-corrected chi connectivity index (χ1v) is 13.3. The first-order chi connectivity index (χ1) is 16.6. The average molecular weight is 484 g/mol. The number of ether oxygens (including phenoxy) is 1. The number of nitrogens with zero attached hydrogens (tertiary/aromatic N) is 5. The molecule has 1 aromatic heterocycles. The Morgan fingerprint density at radius 1 is 1.12 bits per heavy atom. The van der Waals surface area contributed by atoms with Crippen molar-refractivity contribution in [3.05, 3.63) is 42.2 Å². The van der Waals surface area contributed by atoms with Crippen LogP contribution in [0.4, 0.5) is 0 Å². The van der Waals surface area contributed by atoms with Gasteiger partial charge in [-0.25, -0.2) is 0 Å². The molecule has 8 nitrogen and oxygen atoms in total. The van der Waals surface area contributed by atoms with Gasteiger partial charge in [0.15, 0.2) is 0 Å². The predicted molar refractivity (Wildman–Crippen MR) is 129 cm³/mol. The molecule has 0 aliphatic carbocycles. The zero-order valence-corrected chi connectivity index (χ0v) is 20.5. The second-order valence-corrected chi connectivity index (χ2v) is 10.7. The zero-order valence-electron chi connectivity index (χ0n) is 19.7. The molecule has 0 N–H and O–H groups in total. The van der Waals surface area contributed by atoms with Crippen molar-refractivity contribution in [3.63, 3.8) is 0 Å². The number of thioether (sulfide) groups is 1. The van der Waals surface area contributed by atoms with Crippen molar-refractivity contribution in [2.75, 3.05) is 33.3 Å². The Bertz CT molecular complexity index is 991. The quantitative estimate of drug-likeness (QED) is 0.442. The van der Waals surface area contributed by atoms with E-state index in [2.05, 4.69) is 33.5 Å². The SMILES string of the molecule is COC(=O)C1CCN(C(=O)[C@@H]2CN3CC[C@@H]2C[C@@H]3Cn2cc(CSc3ccccc3)nn2)CC1. The van der Waals surface area contributed by atoms with E-state index in [-0.39, 0.29) is 23.7 Å². The zero-order chi connectivity index (χ0) is 23.5. The Labute approximate surface area is 205 Å². The van der Waals surface area contributed by atoms with Gasteiger partial charge in [0.1, 0.15) is 0 Å². The van der Waals surface area contributed by atoms with E-state index in [1.165, 1.54) is 12.0 Å². The summed E-state index contributed by atoms with van der Waals surface area (Å²) in [6.45, 7) is 4.03. The molecule has 4 saturated heterocycles. The van der Waals surface area contributed by atoms with E-state index in [4.69, 9.17) is 4.74 Å². The molecule has 9 heteroatoms. The molecule has 6 rings (SSSR count). The highest BCUT2D eigenvalue weighted by molar-refractivity contribution is 7.98. The summed E-state index contributed by atoms with van der Waals surface area (Å²) >= 11 is 1.77. The molecular weight excluding hydrogens is 450 g/mol. The number of rotatable bonds is 7. The molecular formula is C25H33N5O3S.